The summed E-state index contributed by atoms with van der Waals surface area (Å²) in [5.41, 5.74) is 0. The van der Waals surface area contributed by atoms with Crippen LogP contribution in [0.3, 0.4) is 0 Å². The molecule has 5 unspecified atom stereocenters. The van der Waals surface area contributed by atoms with Gasteiger partial charge in [0.05, 0.1) is 5.92 Å². The molecular formula is C23H37F3. The van der Waals surface area contributed by atoms with E-state index in [9.17, 15) is 4.39 Å². The van der Waals surface area contributed by atoms with Gasteiger partial charge in [-0.2, -0.15) is 0 Å². The van der Waals surface area contributed by atoms with E-state index in [-0.39, 0.29) is 17.8 Å². The van der Waals surface area contributed by atoms with Crippen molar-refractivity contribution in [1.29, 1.82) is 0 Å². The van der Waals surface area contributed by atoms with E-state index in [4.69, 9.17) is 0 Å². The van der Waals surface area contributed by atoms with Crippen molar-refractivity contribution in [3.8, 4) is 0 Å². The third-order valence-electron chi connectivity index (χ3n) is 8.84. The predicted molar refractivity (Wildman–Crippen MR) is 99.9 cm³/mol. The van der Waals surface area contributed by atoms with Crippen LogP contribution in [0.4, 0.5) is 13.2 Å². The summed E-state index contributed by atoms with van der Waals surface area (Å²) in [7, 11) is 0. The SMILES string of the molecule is CC1CCC(C2CCC(C3CC4CC(C)CC(F)C4C3(F)F)CC2)CC1. The zero-order valence-electron chi connectivity index (χ0n) is 16.6. The predicted octanol–water partition coefficient (Wildman–Crippen LogP) is 7.27. The Hall–Kier alpha value is -0.210. The van der Waals surface area contributed by atoms with Crippen LogP contribution in [0.2, 0.25) is 0 Å². The molecule has 0 aliphatic heterocycles. The van der Waals surface area contributed by atoms with Gasteiger partial charge in [0.2, 0.25) is 0 Å². The van der Waals surface area contributed by atoms with Crippen molar-refractivity contribution in [2.45, 2.75) is 96.6 Å². The van der Waals surface area contributed by atoms with Gasteiger partial charge >= 0.3 is 0 Å². The Labute approximate surface area is 157 Å². The molecule has 0 N–H and O–H groups in total. The Morgan fingerprint density at radius 2 is 1.15 bits per heavy atom. The maximum absolute atomic E-state index is 15.2. The lowest BCUT2D eigenvalue weighted by Gasteiger charge is -2.40. The molecule has 0 aromatic heterocycles. The second-order valence-corrected chi connectivity index (χ2v) is 10.6. The van der Waals surface area contributed by atoms with Gasteiger partial charge in [0.15, 0.2) is 0 Å². The van der Waals surface area contributed by atoms with Crippen molar-refractivity contribution in [2.75, 3.05) is 0 Å². The van der Waals surface area contributed by atoms with E-state index in [2.05, 4.69) is 6.92 Å². The molecule has 0 radical (unpaired) electrons. The van der Waals surface area contributed by atoms with Crippen molar-refractivity contribution >= 4 is 0 Å². The molecule has 0 aromatic rings. The van der Waals surface area contributed by atoms with Crippen LogP contribution >= 0.6 is 0 Å². The number of rotatable bonds is 2. The average molecular weight is 371 g/mol. The fraction of sp³-hybridized carbons (Fsp3) is 1.00. The van der Waals surface area contributed by atoms with E-state index in [1.807, 2.05) is 6.92 Å². The molecule has 0 nitrogen and oxygen atoms in total. The summed E-state index contributed by atoms with van der Waals surface area (Å²) < 4.78 is 44.8. The standard InChI is InChI=1S/C23H37F3/c1-14-3-5-16(6-4-14)17-7-9-18(10-8-17)20-13-19-11-15(2)12-21(24)22(19)23(20,25)26/h14-22H,3-13H2,1-2H3. The highest BCUT2D eigenvalue weighted by Gasteiger charge is 2.63. The maximum Gasteiger partial charge on any atom is 0.256 e. The summed E-state index contributed by atoms with van der Waals surface area (Å²) in [4.78, 5) is 0. The Kier molecular flexibility index (Phi) is 5.38. The highest BCUT2D eigenvalue weighted by molar-refractivity contribution is 5.05. The Morgan fingerprint density at radius 3 is 1.77 bits per heavy atom. The molecule has 0 spiro atoms. The molecule has 0 heterocycles. The van der Waals surface area contributed by atoms with Crippen LogP contribution in [0, 0.1) is 47.3 Å². The summed E-state index contributed by atoms with van der Waals surface area (Å²) in [6, 6.07) is 0. The number of alkyl halides is 3. The molecule has 4 rings (SSSR count). The third kappa shape index (κ3) is 3.46. The zero-order valence-corrected chi connectivity index (χ0v) is 16.6. The van der Waals surface area contributed by atoms with Gasteiger partial charge in [0, 0.05) is 5.92 Å². The van der Waals surface area contributed by atoms with E-state index < -0.39 is 23.9 Å². The van der Waals surface area contributed by atoms with Gasteiger partial charge in [-0.05, 0) is 93.3 Å². The van der Waals surface area contributed by atoms with Crippen LogP contribution in [0.25, 0.3) is 0 Å². The molecular weight excluding hydrogens is 333 g/mol. The zero-order chi connectivity index (χ0) is 18.5. The summed E-state index contributed by atoms with van der Waals surface area (Å²) in [6.07, 6.45) is 10.1. The van der Waals surface area contributed by atoms with Gasteiger partial charge < -0.3 is 0 Å². The van der Waals surface area contributed by atoms with Gasteiger partial charge in [-0.1, -0.05) is 26.7 Å². The average Bonchev–Trinajstić information content (AvgIpc) is 2.86. The smallest absolute Gasteiger partial charge is 0.247 e. The largest absolute Gasteiger partial charge is 0.256 e. The lowest BCUT2D eigenvalue weighted by molar-refractivity contribution is -0.132. The first-order valence-electron chi connectivity index (χ1n) is 11.4. The molecule has 0 saturated heterocycles. The molecule has 4 saturated carbocycles. The van der Waals surface area contributed by atoms with Crippen LogP contribution in [0.1, 0.15) is 84.5 Å². The van der Waals surface area contributed by atoms with E-state index in [0.29, 0.717) is 12.8 Å². The van der Waals surface area contributed by atoms with Crippen LogP contribution < -0.4 is 0 Å². The normalized spacial score (nSPS) is 51.8. The molecule has 0 bridgehead atoms. The summed E-state index contributed by atoms with van der Waals surface area (Å²) in [5.74, 6) is -1.50. The molecule has 26 heavy (non-hydrogen) atoms. The summed E-state index contributed by atoms with van der Waals surface area (Å²) >= 11 is 0. The molecule has 4 aliphatic rings. The lowest BCUT2D eigenvalue weighted by Crippen LogP contribution is -2.43. The van der Waals surface area contributed by atoms with Crippen molar-refractivity contribution in [3.63, 3.8) is 0 Å². The fourth-order valence-electron chi connectivity index (χ4n) is 7.40. The molecule has 0 amide bonds. The van der Waals surface area contributed by atoms with Crippen molar-refractivity contribution in [3.05, 3.63) is 0 Å². The Balaban J connectivity index is 1.37. The Morgan fingerprint density at radius 1 is 0.615 bits per heavy atom. The van der Waals surface area contributed by atoms with Crippen molar-refractivity contribution in [2.24, 2.45) is 47.3 Å². The third-order valence-corrected chi connectivity index (χ3v) is 8.84. The van der Waals surface area contributed by atoms with Gasteiger partial charge in [-0.15, -0.1) is 0 Å². The van der Waals surface area contributed by atoms with Gasteiger partial charge in [0.25, 0.3) is 5.92 Å². The topological polar surface area (TPSA) is 0 Å². The van der Waals surface area contributed by atoms with Crippen LogP contribution in [0.5, 0.6) is 0 Å². The maximum atomic E-state index is 15.2. The molecule has 4 fully saturated rings. The van der Waals surface area contributed by atoms with Gasteiger partial charge in [-0.25, -0.2) is 13.2 Å². The summed E-state index contributed by atoms with van der Waals surface area (Å²) in [6.45, 7) is 4.39. The van der Waals surface area contributed by atoms with Gasteiger partial charge in [-0.3, -0.25) is 0 Å². The number of fused-ring (bicyclic) bond motifs is 1. The number of halogens is 3. The Bertz CT molecular complexity index is 474. The minimum atomic E-state index is -2.78. The molecule has 5 atom stereocenters. The molecule has 4 aliphatic carbocycles. The molecule has 0 aromatic carbocycles. The van der Waals surface area contributed by atoms with E-state index in [0.717, 1.165) is 49.9 Å². The highest BCUT2D eigenvalue weighted by Crippen LogP contribution is 2.60. The first kappa shape index (κ1) is 19.1. The minimum Gasteiger partial charge on any atom is -0.247 e. The van der Waals surface area contributed by atoms with Crippen LogP contribution in [-0.4, -0.2) is 12.1 Å². The van der Waals surface area contributed by atoms with E-state index in [1.54, 1.807) is 0 Å². The summed E-state index contributed by atoms with van der Waals surface area (Å²) in [5, 5.41) is 0. The lowest BCUT2D eigenvalue weighted by atomic mass is 9.67. The van der Waals surface area contributed by atoms with Gasteiger partial charge in [0.1, 0.15) is 6.17 Å². The monoisotopic (exact) mass is 370 g/mol. The number of hydrogen-bond donors (Lipinski definition) is 0. The van der Waals surface area contributed by atoms with Crippen molar-refractivity contribution < 1.29 is 13.2 Å². The quantitative estimate of drug-likeness (QED) is 0.479. The first-order chi connectivity index (χ1) is 12.4. The number of hydrogen-bond acceptors (Lipinski definition) is 0. The minimum absolute atomic E-state index is 0.0775. The highest BCUT2D eigenvalue weighted by atomic mass is 19.3. The van der Waals surface area contributed by atoms with Crippen LogP contribution in [0.15, 0.2) is 0 Å². The first-order valence-corrected chi connectivity index (χ1v) is 11.4. The van der Waals surface area contributed by atoms with Crippen LogP contribution in [-0.2, 0) is 0 Å². The second-order valence-electron chi connectivity index (χ2n) is 10.6. The molecule has 3 heteroatoms. The second kappa shape index (κ2) is 7.32. The van der Waals surface area contributed by atoms with E-state index in [1.165, 1.54) is 25.7 Å². The molecule has 150 valence electrons. The fourth-order valence-corrected chi connectivity index (χ4v) is 7.40. The van der Waals surface area contributed by atoms with E-state index >= 15 is 8.78 Å². The van der Waals surface area contributed by atoms with Crippen molar-refractivity contribution in [1.82, 2.24) is 0 Å².